The van der Waals surface area contributed by atoms with Crippen LogP contribution in [0.4, 0.5) is 0 Å². The summed E-state index contributed by atoms with van der Waals surface area (Å²) < 4.78 is 4.87. The third-order valence-corrected chi connectivity index (χ3v) is 2.94. The molecule has 0 aliphatic rings. The molecular formula is C18H18O2. The van der Waals surface area contributed by atoms with Gasteiger partial charge in [-0.1, -0.05) is 48.6 Å². The molecule has 0 aromatic heterocycles. The zero-order chi connectivity index (χ0) is 14.4. The van der Waals surface area contributed by atoms with E-state index in [4.69, 9.17) is 4.74 Å². The zero-order valence-corrected chi connectivity index (χ0v) is 11.8. The minimum atomic E-state index is -0.298. The molecule has 0 aliphatic heterocycles. The lowest BCUT2D eigenvalue weighted by Crippen LogP contribution is -1.99. The first-order valence-electron chi connectivity index (χ1n) is 6.71. The standard InChI is InChI=1S/C18H18O2/c1-3-20-18(19)12-14(2)8-9-15-10-11-16-6-4-5-7-17(16)13-15/h4-13H,3H2,1-2H3/b9-8+,14-12+. The van der Waals surface area contributed by atoms with Gasteiger partial charge in [-0.05, 0) is 41.8 Å². The maximum absolute atomic E-state index is 11.3. The number of ether oxygens (including phenoxy) is 1. The van der Waals surface area contributed by atoms with Crippen LogP contribution in [0.15, 0.2) is 60.2 Å². The molecule has 0 unspecified atom stereocenters. The number of fused-ring (bicyclic) bond motifs is 1. The summed E-state index contributed by atoms with van der Waals surface area (Å²) in [5.74, 6) is -0.298. The average Bonchev–Trinajstić information content (AvgIpc) is 2.45. The molecule has 2 aromatic carbocycles. The topological polar surface area (TPSA) is 26.3 Å². The van der Waals surface area contributed by atoms with E-state index in [1.165, 1.54) is 16.8 Å². The lowest BCUT2D eigenvalue weighted by Gasteiger charge is -1.99. The van der Waals surface area contributed by atoms with Crippen molar-refractivity contribution in [1.29, 1.82) is 0 Å². The Balaban J connectivity index is 2.15. The van der Waals surface area contributed by atoms with Crippen molar-refractivity contribution in [2.75, 3.05) is 6.61 Å². The van der Waals surface area contributed by atoms with Crippen LogP contribution in [0.5, 0.6) is 0 Å². The Kier molecular flexibility index (Phi) is 4.72. The van der Waals surface area contributed by atoms with Gasteiger partial charge in [-0.2, -0.15) is 0 Å². The SMILES string of the molecule is CCOC(=O)/C=C(C)/C=C/c1ccc2ccccc2c1. The predicted molar refractivity (Wildman–Crippen MR) is 83.4 cm³/mol. The second kappa shape index (κ2) is 6.71. The lowest BCUT2D eigenvalue weighted by molar-refractivity contribution is -0.137. The van der Waals surface area contributed by atoms with Crippen LogP contribution in [0, 0.1) is 0 Å². The van der Waals surface area contributed by atoms with E-state index < -0.39 is 0 Å². The Bertz CT molecular complexity index is 666. The highest BCUT2D eigenvalue weighted by Gasteiger charge is 1.96. The molecule has 0 bridgehead atoms. The molecule has 0 spiro atoms. The maximum Gasteiger partial charge on any atom is 0.330 e. The average molecular weight is 266 g/mol. The van der Waals surface area contributed by atoms with Crippen LogP contribution in [0.2, 0.25) is 0 Å². The molecule has 0 heterocycles. The molecule has 0 amide bonds. The molecule has 0 aliphatic carbocycles. The summed E-state index contributed by atoms with van der Waals surface area (Å²) >= 11 is 0. The van der Waals surface area contributed by atoms with Crippen LogP contribution >= 0.6 is 0 Å². The third-order valence-electron chi connectivity index (χ3n) is 2.94. The summed E-state index contributed by atoms with van der Waals surface area (Å²) in [7, 11) is 0. The van der Waals surface area contributed by atoms with Crippen LogP contribution in [-0.2, 0) is 9.53 Å². The van der Waals surface area contributed by atoms with Gasteiger partial charge in [-0.3, -0.25) is 0 Å². The molecule has 0 N–H and O–H groups in total. The zero-order valence-electron chi connectivity index (χ0n) is 11.8. The van der Waals surface area contributed by atoms with Gasteiger partial charge >= 0.3 is 5.97 Å². The molecule has 20 heavy (non-hydrogen) atoms. The normalized spacial score (nSPS) is 12.0. The van der Waals surface area contributed by atoms with Crippen molar-refractivity contribution in [2.45, 2.75) is 13.8 Å². The largest absolute Gasteiger partial charge is 0.463 e. The Morgan fingerprint density at radius 1 is 1.15 bits per heavy atom. The van der Waals surface area contributed by atoms with Gasteiger partial charge in [0.25, 0.3) is 0 Å². The number of carbonyl (C=O) groups is 1. The minimum Gasteiger partial charge on any atom is -0.463 e. The number of hydrogen-bond donors (Lipinski definition) is 0. The predicted octanol–water partition coefficient (Wildman–Crippen LogP) is 4.36. The van der Waals surface area contributed by atoms with Gasteiger partial charge in [-0.15, -0.1) is 0 Å². The third kappa shape index (κ3) is 3.82. The van der Waals surface area contributed by atoms with Gasteiger partial charge in [0.05, 0.1) is 6.61 Å². The van der Waals surface area contributed by atoms with E-state index in [0.717, 1.165) is 11.1 Å². The van der Waals surface area contributed by atoms with Gasteiger partial charge in [0, 0.05) is 6.08 Å². The molecule has 0 saturated heterocycles. The summed E-state index contributed by atoms with van der Waals surface area (Å²) in [5, 5.41) is 2.44. The fourth-order valence-corrected chi connectivity index (χ4v) is 1.96. The van der Waals surface area contributed by atoms with Gasteiger partial charge in [-0.25, -0.2) is 4.79 Å². The van der Waals surface area contributed by atoms with Gasteiger partial charge in [0.15, 0.2) is 0 Å². The number of benzene rings is 2. The number of allylic oxidation sites excluding steroid dienone is 2. The molecule has 0 radical (unpaired) electrons. The summed E-state index contributed by atoms with van der Waals surface area (Å²) in [6.45, 7) is 4.08. The van der Waals surface area contributed by atoms with E-state index >= 15 is 0 Å². The first-order valence-corrected chi connectivity index (χ1v) is 6.71. The number of carbonyl (C=O) groups excluding carboxylic acids is 1. The molecule has 2 rings (SSSR count). The number of esters is 1. The quantitative estimate of drug-likeness (QED) is 0.467. The van der Waals surface area contributed by atoms with Crippen molar-refractivity contribution in [1.82, 2.24) is 0 Å². The fraction of sp³-hybridized carbons (Fsp3) is 0.167. The molecule has 0 saturated carbocycles. The summed E-state index contributed by atoms with van der Waals surface area (Å²) in [5.41, 5.74) is 1.98. The van der Waals surface area contributed by atoms with Crippen molar-refractivity contribution in [2.24, 2.45) is 0 Å². The number of hydrogen-bond acceptors (Lipinski definition) is 2. The van der Waals surface area contributed by atoms with E-state index in [2.05, 4.69) is 30.3 Å². The molecular weight excluding hydrogens is 248 g/mol. The molecule has 2 nitrogen and oxygen atoms in total. The molecule has 102 valence electrons. The first kappa shape index (κ1) is 14.1. The molecule has 0 fully saturated rings. The summed E-state index contributed by atoms with van der Waals surface area (Å²) in [6, 6.07) is 14.5. The first-order chi connectivity index (χ1) is 9.69. The Hall–Kier alpha value is -2.35. The lowest BCUT2D eigenvalue weighted by atomic mass is 10.1. The second-order valence-electron chi connectivity index (χ2n) is 4.58. The number of rotatable bonds is 4. The maximum atomic E-state index is 11.3. The summed E-state index contributed by atoms with van der Waals surface area (Å²) in [4.78, 5) is 11.3. The fourth-order valence-electron chi connectivity index (χ4n) is 1.96. The van der Waals surface area contributed by atoms with Crippen LogP contribution in [-0.4, -0.2) is 12.6 Å². The van der Waals surface area contributed by atoms with Crippen LogP contribution < -0.4 is 0 Å². The van der Waals surface area contributed by atoms with Crippen LogP contribution in [0.1, 0.15) is 19.4 Å². The van der Waals surface area contributed by atoms with Crippen LogP contribution in [0.25, 0.3) is 16.8 Å². The van der Waals surface area contributed by atoms with E-state index in [1.807, 2.05) is 31.2 Å². The van der Waals surface area contributed by atoms with E-state index in [9.17, 15) is 4.79 Å². The highest BCUT2D eigenvalue weighted by atomic mass is 16.5. The van der Waals surface area contributed by atoms with E-state index in [1.54, 1.807) is 6.92 Å². The monoisotopic (exact) mass is 266 g/mol. The van der Waals surface area contributed by atoms with E-state index in [-0.39, 0.29) is 5.97 Å². The van der Waals surface area contributed by atoms with Gasteiger partial charge in [0.1, 0.15) is 0 Å². The van der Waals surface area contributed by atoms with E-state index in [0.29, 0.717) is 6.61 Å². The van der Waals surface area contributed by atoms with Crippen molar-refractivity contribution < 1.29 is 9.53 Å². The Morgan fingerprint density at radius 3 is 2.65 bits per heavy atom. The Labute approximate surface area is 119 Å². The van der Waals surface area contributed by atoms with Crippen molar-refractivity contribution in [3.8, 4) is 0 Å². The van der Waals surface area contributed by atoms with Gasteiger partial charge in [0.2, 0.25) is 0 Å². The van der Waals surface area contributed by atoms with Crippen LogP contribution in [0.3, 0.4) is 0 Å². The van der Waals surface area contributed by atoms with Crippen molar-refractivity contribution in [3.63, 3.8) is 0 Å². The summed E-state index contributed by atoms with van der Waals surface area (Å²) in [6.07, 6.45) is 5.42. The minimum absolute atomic E-state index is 0.298. The highest BCUT2D eigenvalue weighted by molar-refractivity contribution is 5.85. The highest BCUT2D eigenvalue weighted by Crippen LogP contribution is 2.16. The Morgan fingerprint density at radius 2 is 1.90 bits per heavy atom. The van der Waals surface area contributed by atoms with Crippen molar-refractivity contribution >= 4 is 22.8 Å². The smallest absolute Gasteiger partial charge is 0.330 e. The second-order valence-corrected chi connectivity index (χ2v) is 4.58. The molecule has 0 atom stereocenters. The van der Waals surface area contributed by atoms with Crippen molar-refractivity contribution in [3.05, 3.63) is 65.8 Å². The van der Waals surface area contributed by atoms with Gasteiger partial charge < -0.3 is 4.74 Å². The molecule has 2 heteroatoms. The molecule has 2 aromatic rings.